The van der Waals surface area contributed by atoms with Gasteiger partial charge in [-0.25, -0.2) is 0 Å². The molecule has 1 atom stereocenters. The molecule has 1 heterocycles. The van der Waals surface area contributed by atoms with Crippen molar-refractivity contribution in [1.82, 2.24) is 0 Å². The van der Waals surface area contributed by atoms with E-state index >= 15 is 0 Å². The predicted octanol–water partition coefficient (Wildman–Crippen LogP) is 1.94. The van der Waals surface area contributed by atoms with Gasteiger partial charge in [0, 0.05) is 6.07 Å². The summed E-state index contributed by atoms with van der Waals surface area (Å²) in [6, 6.07) is 3.58. The van der Waals surface area contributed by atoms with Crippen LogP contribution in [0.15, 0.2) is 16.5 Å². The lowest BCUT2D eigenvalue weighted by Crippen LogP contribution is -2.15. The Morgan fingerprint density at radius 2 is 2.08 bits per heavy atom. The highest BCUT2D eigenvalue weighted by molar-refractivity contribution is 5.14. The molecule has 0 aliphatic carbocycles. The average molecular weight is 169 g/mol. The van der Waals surface area contributed by atoms with E-state index in [1.165, 1.54) is 0 Å². The van der Waals surface area contributed by atoms with Crippen molar-refractivity contribution in [3.05, 3.63) is 17.9 Å². The first-order valence-electron chi connectivity index (χ1n) is 4.04. The predicted molar refractivity (Wildman–Crippen MR) is 47.0 cm³/mol. The zero-order chi connectivity index (χ0) is 9.14. The molecule has 0 bridgehead atoms. The fourth-order valence-corrected chi connectivity index (χ4v) is 0.952. The van der Waals surface area contributed by atoms with Crippen molar-refractivity contribution in [2.75, 3.05) is 7.11 Å². The van der Waals surface area contributed by atoms with Gasteiger partial charge in [-0.3, -0.25) is 0 Å². The Bertz CT molecular complexity index is 242. The Balaban J connectivity index is 2.74. The second-order valence-electron chi connectivity index (χ2n) is 3.13. The molecule has 1 aromatic rings. The van der Waals surface area contributed by atoms with Crippen molar-refractivity contribution in [3.8, 4) is 5.95 Å². The molecule has 0 aliphatic heterocycles. The third-order valence-electron chi connectivity index (χ3n) is 1.85. The van der Waals surface area contributed by atoms with Gasteiger partial charge in [-0.15, -0.1) is 0 Å². The SMILES string of the molecule is COc1ccc([C@H](N)C(C)C)o1. The molecule has 1 aromatic heterocycles. The fraction of sp³-hybridized carbons (Fsp3) is 0.556. The van der Waals surface area contributed by atoms with Gasteiger partial charge in [-0.2, -0.15) is 0 Å². The summed E-state index contributed by atoms with van der Waals surface area (Å²) in [6.45, 7) is 4.11. The number of hydrogen-bond donors (Lipinski definition) is 1. The zero-order valence-electron chi connectivity index (χ0n) is 7.70. The zero-order valence-corrected chi connectivity index (χ0v) is 7.70. The Hall–Kier alpha value is -0.960. The molecule has 0 radical (unpaired) electrons. The summed E-state index contributed by atoms with van der Waals surface area (Å²) in [6.07, 6.45) is 0. The topological polar surface area (TPSA) is 48.4 Å². The van der Waals surface area contributed by atoms with Crippen molar-refractivity contribution in [1.29, 1.82) is 0 Å². The highest BCUT2D eigenvalue weighted by atomic mass is 16.6. The monoisotopic (exact) mass is 169 g/mol. The Morgan fingerprint density at radius 3 is 2.50 bits per heavy atom. The lowest BCUT2D eigenvalue weighted by molar-refractivity contribution is 0.279. The molecule has 0 fully saturated rings. The van der Waals surface area contributed by atoms with Gasteiger partial charge in [0.15, 0.2) is 0 Å². The van der Waals surface area contributed by atoms with Crippen LogP contribution in [0.2, 0.25) is 0 Å². The normalized spacial score (nSPS) is 13.4. The Kier molecular flexibility index (Phi) is 2.76. The minimum absolute atomic E-state index is 0.0473. The maximum absolute atomic E-state index is 5.86. The number of methoxy groups -OCH3 is 1. The molecule has 0 saturated carbocycles. The highest BCUT2D eigenvalue weighted by Gasteiger charge is 2.14. The van der Waals surface area contributed by atoms with Crippen molar-refractivity contribution >= 4 is 0 Å². The van der Waals surface area contributed by atoms with Crippen LogP contribution >= 0.6 is 0 Å². The van der Waals surface area contributed by atoms with Gasteiger partial charge < -0.3 is 14.9 Å². The van der Waals surface area contributed by atoms with Crippen molar-refractivity contribution in [2.45, 2.75) is 19.9 Å². The van der Waals surface area contributed by atoms with Crippen LogP contribution < -0.4 is 10.5 Å². The molecular formula is C9H15NO2. The summed E-state index contributed by atoms with van der Waals surface area (Å²) >= 11 is 0. The third-order valence-corrected chi connectivity index (χ3v) is 1.85. The van der Waals surface area contributed by atoms with E-state index in [0.717, 1.165) is 5.76 Å². The third kappa shape index (κ3) is 1.80. The average Bonchev–Trinajstić information content (AvgIpc) is 2.50. The van der Waals surface area contributed by atoms with Crippen molar-refractivity contribution in [2.24, 2.45) is 11.7 Å². The number of hydrogen-bond acceptors (Lipinski definition) is 3. The summed E-state index contributed by atoms with van der Waals surface area (Å²) in [4.78, 5) is 0. The van der Waals surface area contributed by atoms with Crippen LogP contribution in [0.5, 0.6) is 5.95 Å². The fourth-order valence-electron chi connectivity index (χ4n) is 0.952. The van der Waals surface area contributed by atoms with Crippen LogP contribution in [-0.4, -0.2) is 7.11 Å². The smallest absolute Gasteiger partial charge is 0.284 e. The quantitative estimate of drug-likeness (QED) is 0.752. The van der Waals surface area contributed by atoms with Crippen LogP contribution in [0.4, 0.5) is 0 Å². The summed E-state index contributed by atoms with van der Waals surface area (Å²) in [7, 11) is 1.57. The molecule has 0 spiro atoms. The molecule has 12 heavy (non-hydrogen) atoms. The Morgan fingerprint density at radius 1 is 1.42 bits per heavy atom. The van der Waals surface area contributed by atoms with E-state index in [9.17, 15) is 0 Å². The molecule has 1 rings (SSSR count). The van der Waals surface area contributed by atoms with Gasteiger partial charge in [-0.05, 0) is 12.0 Å². The van der Waals surface area contributed by atoms with E-state index in [1.54, 1.807) is 13.2 Å². The molecule has 0 saturated heterocycles. The lowest BCUT2D eigenvalue weighted by Gasteiger charge is -2.11. The first kappa shape index (κ1) is 9.13. The molecule has 3 nitrogen and oxygen atoms in total. The number of ether oxygens (including phenoxy) is 1. The number of rotatable bonds is 3. The lowest BCUT2D eigenvalue weighted by atomic mass is 10.0. The maximum Gasteiger partial charge on any atom is 0.284 e. The molecule has 0 unspecified atom stereocenters. The van der Waals surface area contributed by atoms with E-state index in [4.69, 9.17) is 14.9 Å². The van der Waals surface area contributed by atoms with E-state index < -0.39 is 0 Å². The molecular weight excluding hydrogens is 154 g/mol. The van der Waals surface area contributed by atoms with E-state index in [-0.39, 0.29) is 6.04 Å². The molecule has 68 valence electrons. The summed E-state index contributed by atoms with van der Waals surface area (Å²) in [5.41, 5.74) is 5.86. The largest absolute Gasteiger partial charge is 0.468 e. The van der Waals surface area contributed by atoms with Gasteiger partial charge in [0.2, 0.25) is 0 Å². The number of nitrogens with two attached hydrogens (primary N) is 1. The second-order valence-corrected chi connectivity index (χ2v) is 3.13. The summed E-state index contributed by atoms with van der Waals surface area (Å²) in [5.74, 6) is 1.67. The van der Waals surface area contributed by atoms with E-state index in [0.29, 0.717) is 11.9 Å². The van der Waals surface area contributed by atoms with Gasteiger partial charge in [0.05, 0.1) is 13.2 Å². The van der Waals surface area contributed by atoms with Crippen molar-refractivity contribution in [3.63, 3.8) is 0 Å². The number of furan rings is 1. The highest BCUT2D eigenvalue weighted by Crippen LogP contribution is 2.24. The molecule has 0 aliphatic rings. The first-order valence-corrected chi connectivity index (χ1v) is 4.04. The summed E-state index contributed by atoms with van der Waals surface area (Å²) in [5, 5.41) is 0. The maximum atomic E-state index is 5.86. The van der Waals surface area contributed by atoms with Crippen LogP contribution in [-0.2, 0) is 0 Å². The second kappa shape index (κ2) is 3.63. The molecule has 0 amide bonds. The van der Waals surface area contributed by atoms with E-state index in [1.807, 2.05) is 6.07 Å². The van der Waals surface area contributed by atoms with Crippen LogP contribution in [0.3, 0.4) is 0 Å². The molecule has 2 N–H and O–H groups in total. The van der Waals surface area contributed by atoms with Crippen LogP contribution in [0.25, 0.3) is 0 Å². The minimum atomic E-state index is -0.0473. The van der Waals surface area contributed by atoms with Gasteiger partial charge >= 0.3 is 0 Å². The standard InChI is InChI=1S/C9H15NO2/c1-6(2)9(10)7-4-5-8(11-3)12-7/h4-6,9H,10H2,1-3H3/t9-/m1/s1. The van der Waals surface area contributed by atoms with Crippen molar-refractivity contribution < 1.29 is 9.15 Å². The molecule has 0 aromatic carbocycles. The summed E-state index contributed by atoms with van der Waals surface area (Å²) < 4.78 is 10.2. The van der Waals surface area contributed by atoms with Gasteiger partial charge in [0.1, 0.15) is 5.76 Å². The molecule has 3 heteroatoms. The van der Waals surface area contributed by atoms with E-state index in [2.05, 4.69) is 13.8 Å². The van der Waals surface area contributed by atoms with Gasteiger partial charge in [-0.1, -0.05) is 13.8 Å². The first-order chi connectivity index (χ1) is 5.65. The Labute approximate surface area is 72.5 Å². The van der Waals surface area contributed by atoms with Crippen LogP contribution in [0, 0.1) is 5.92 Å². The van der Waals surface area contributed by atoms with Crippen LogP contribution in [0.1, 0.15) is 25.6 Å². The van der Waals surface area contributed by atoms with Gasteiger partial charge in [0.25, 0.3) is 5.95 Å². The minimum Gasteiger partial charge on any atom is -0.468 e.